The summed E-state index contributed by atoms with van der Waals surface area (Å²) in [7, 11) is -3.90. The molecule has 1 saturated heterocycles. The number of hydrogen-bond donors (Lipinski definition) is 0. The number of benzene rings is 1. The lowest BCUT2D eigenvalue weighted by molar-refractivity contribution is -0.137. The first kappa shape index (κ1) is 18.8. The molecule has 0 aromatic heterocycles. The molecule has 2 aliphatic rings. The van der Waals surface area contributed by atoms with Crippen LogP contribution in [-0.2, 0) is 14.8 Å². The first-order valence-electron chi connectivity index (χ1n) is 8.63. The van der Waals surface area contributed by atoms with Crippen LogP contribution in [0.1, 0.15) is 32.1 Å². The number of sulfonamides is 1. The number of nitrogens with zero attached hydrogens (tertiary/aromatic N) is 2. The Labute approximate surface area is 156 Å². The van der Waals surface area contributed by atoms with E-state index in [2.05, 4.69) is 15.9 Å². The van der Waals surface area contributed by atoms with Crippen molar-refractivity contribution in [1.29, 1.82) is 0 Å². The fourth-order valence-electron chi connectivity index (χ4n) is 3.57. The predicted molar refractivity (Wildman–Crippen MR) is 96.0 cm³/mol. The van der Waals surface area contributed by atoms with Crippen molar-refractivity contribution in [2.45, 2.75) is 37.0 Å². The lowest BCUT2D eigenvalue weighted by atomic mass is 9.88. The van der Waals surface area contributed by atoms with Crippen molar-refractivity contribution in [1.82, 2.24) is 9.21 Å². The molecular weight excluding hydrogens is 411 g/mol. The fourth-order valence-corrected chi connectivity index (χ4v) is 5.60. The van der Waals surface area contributed by atoms with Gasteiger partial charge in [0.2, 0.25) is 15.9 Å². The van der Waals surface area contributed by atoms with Gasteiger partial charge in [-0.25, -0.2) is 12.8 Å². The maximum absolute atomic E-state index is 14.0. The van der Waals surface area contributed by atoms with Crippen LogP contribution in [0.4, 0.5) is 4.39 Å². The van der Waals surface area contributed by atoms with Crippen molar-refractivity contribution in [2.24, 2.45) is 5.92 Å². The van der Waals surface area contributed by atoms with Crippen LogP contribution in [0.3, 0.4) is 0 Å². The van der Waals surface area contributed by atoms with E-state index in [1.807, 2.05) is 0 Å². The molecule has 1 aliphatic heterocycles. The average molecular weight is 433 g/mol. The molecule has 0 radical (unpaired) electrons. The second-order valence-corrected chi connectivity index (χ2v) is 9.46. The highest BCUT2D eigenvalue weighted by Crippen LogP contribution is 2.27. The normalized spacial score (nSPS) is 20.6. The maximum Gasteiger partial charge on any atom is 0.246 e. The Hall–Kier alpha value is -0.990. The van der Waals surface area contributed by atoms with Gasteiger partial charge in [0.25, 0.3) is 0 Å². The fraction of sp³-hybridized carbons (Fsp3) is 0.588. The van der Waals surface area contributed by atoms with Gasteiger partial charge >= 0.3 is 0 Å². The molecular formula is C17H22BrFN2O3S. The number of carbonyl (C=O) groups excluding carboxylic acids is 1. The Morgan fingerprint density at radius 1 is 1.08 bits per heavy atom. The van der Waals surface area contributed by atoms with Gasteiger partial charge in [-0.15, -0.1) is 0 Å². The lowest BCUT2D eigenvalue weighted by Crippen LogP contribution is -2.52. The summed E-state index contributed by atoms with van der Waals surface area (Å²) in [6.45, 7) is 1.13. The van der Waals surface area contributed by atoms with Crippen LogP contribution in [0.15, 0.2) is 27.6 Å². The van der Waals surface area contributed by atoms with Gasteiger partial charge < -0.3 is 4.90 Å². The minimum atomic E-state index is -3.90. The zero-order valence-electron chi connectivity index (χ0n) is 14.0. The smallest absolute Gasteiger partial charge is 0.246 e. The molecule has 1 aliphatic carbocycles. The minimum absolute atomic E-state index is 0.0828. The zero-order chi connectivity index (χ0) is 18.0. The molecule has 1 saturated carbocycles. The first-order valence-corrected chi connectivity index (χ1v) is 10.9. The van der Waals surface area contributed by atoms with E-state index in [1.165, 1.54) is 22.9 Å². The van der Waals surface area contributed by atoms with Gasteiger partial charge in [0, 0.05) is 36.6 Å². The number of carbonyl (C=O) groups is 1. The summed E-state index contributed by atoms with van der Waals surface area (Å²) in [5.41, 5.74) is 0. The molecule has 8 heteroatoms. The van der Waals surface area contributed by atoms with Crippen LogP contribution in [0.25, 0.3) is 0 Å². The highest BCUT2D eigenvalue weighted by Gasteiger charge is 2.34. The van der Waals surface area contributed by atoms with Crippen LogP contribution in [-0.4, -0.2) is 49.7 Å². The largest absolute Gasteiger partial charge is 0.340 e. The molecule has 0 atom stereocenters. The Morgan fingerprint density at radius 3 is 2.36 bits per heavy atom. The third kappa shape index (κ3) is 4.06. The van der Waals surface area contributed by atoms with Crippen LogP contribution in [0.5, 0.6) is 0 Å². The molecule has 0 N–H and O–H groups in total. The lowest BCUT2D eigenvalue weighted by Gasteiger charge is -2.36. The molecule has 0 unspecified atom stereocenters. The molecule has 138 valence electrons. The van der Waals surface area contributed by atoms with E-state index >= 15 is 0 Å². The summed E-state index contributed by atoms with van der Waals surface area (Å²) < 4.78 is 41.2. The molecule has 25 heavy (non-hydrogen) atoms. The molecule has 0 bridgehead atoms. The van der Waals surface area contributed by atoms with E-state index in [-0.39, 0.29) is 29.8 Å². The monoisotopic (exact) mass is 432 g/mol. The summed E-state index contributed by atoms with van der Waals surface area (Å²) >= 11 is 3.18. The Balaban J connectivity index is 1.67. The summed E-state index contributed by atoms with van der Waals surface area (Å²) in [4.78, 5) is 14.0. The second kappa shape index (κ2) is 7.72. The van der Waals surface area contributed by atoms with Crippen LogP contribution >= 0.6 is 15.9 Å². The number of halogens is 2. The molecule has 3 rings (SSSR count). The number of hydrogen-bond acceptors (Lipinski definition) is 3. The Kier molecular flexibility index (Phi) is 5.80. The average Bonchev–Trinajstić information content (AvgIpc) is 2.64. The third-order valence-electron chi connectivity index (χ3n) is 5.02. The van der Waals surface area contributed by atoms with E-state index < -0.39 is 15.8 Å². The summed E-state index contributed by atoms with van der Waals surface area (Å²) in [6, 6.07) is 3.89. The summed E-state index contributed by atoms with van der Waals surface area (Å²) in [5.74, 6) is -0.534. The van der Waals surface area contributed by atoms with E-state index in [0.717, 1.165) is 31.7 Å². The number of amides is 1. The van der Waals surface area contributed by atoms with Gasteiger partial charge in [0.1, 0.15) is 10.7 Å². The van der Waals surface area contributed by atoms with Crippen molar-refractivity contribution >= 4 is 31.9 Å². The molecule has 1 amide bonds. The van der Waals surface area contributed by atoms with E-state index in [9.17, 15) is 17.6 Å². The molecule has 1 aromatic carbocycles. The number of piperazine rings is 1. The van der Waals surface area contributed by atoms with E-state index in [1.54, 1.807) is 4.90 Å². The van der Waals surface area contributed by atoms with Crippen molar-refractivity contribution in [3.63, 3.8) is 0 Å². The molecule has 1 aromatic rings. The predicted octanol–water partition coefficient (Wildman–Crippen LogP) is 3.00. The van der Waals surface area contributed by atoms with Crippen LogP contribution in [0.2, 0.25) is 0 Å². The minimum Gasteiger partial charge on any atom is -0.340 e. The molecule has 5 nitrogen and oxygen atoms in total. The summed E-state index contributed by atoms with van der Waals surface area (Å²) in [6.07, 6.45) is 5.23. The molecule has 0 spiro atoms. The SMILES string of the molecule is O=C(C1CCCCC1)N1CCN(S(=O)(=O)c2cc(Br)ccc2F)CC1. The third-order valence-corrected chi connectivity index (χ3v) is 7.42. The van der Waals surface area contributed by atoms with Gasteiger partial charge in [-0.3, -0.25) is 4.79 Å². The van der Waals surface area contributed by atoms with Crippen molar-refractivity contribution < 1.29 is 17.6 Å². The highest BCUT2D eigenvalue weighted by molar-refractivity contribution is 9.10. The number of rotatable bonds is 3. The van der Waals surface area contributed by atoms with Gasteiger partial charge in [-0.05, 0) is 31.0 Å². The quantitative estimate of drug-likeness (QED) is 0.737. The Bertz CT molecular complexity index is 742. The van der Waals surface area contributed by atoms with Gasteiger partial charge in [0.15, 0.2) is 0 Å². The first-order chi connectivity index (χ1) is 11.9. The molecule has 1 heterocycles. The standard InChI is InChI=1S/C17H22BrFN2O3S/c18-14-6-7-15(19)16(12-14)25(23,24)21-10-8-20(9-11-21)17(22)13-4-2-1-3-5-13/h6-7,12-13H,1-5,8-11H2. The summed E-state index contributed by atoms with van der Waals surface area (Å²) in [5, 5.41) is 0. The van der Waals surface area contributed by atoms with Gasteiger partial charge in [-0.2, -0.15) is 4.31 Å². The van der Waals surface area contributed by atoms with E-state index in [4.69, 9.17) is 0 Å². The topological polar surface area (TPSA) is 57.7 Å². The van der Waals surface area contributed by atoms with Gasteiger partial charge in [-0.1, -0.05) is 35.2 Å². The zero-order valence-corrected chi connectivity index (χ0v) is 16.4. The second-order valence-electron chi connectivity index (χ2n) is 6.64. The van der Waals surface area contributed by atoms with Gasteiger partial charge in [0.05, 0.1) is 0 Å². The van der Waals surface area contributed by atoms with Crippen molar-refractivity contribution in [3.8, 4) is 0 Å². The van der Waals surface area contributed by atoms with Crippen LogP contribution < -0.4 is 0 Å². The maximum atomic E-state index is 14.0. The van der Waals surface area contributed by atoms with E-state index in [0.29, 0.717) is 17.6 Å². The van der Waals surface area contributed by atoms with Crippen molar-refractivity contribution in [2.75, 3.05) is 26.2 Å². The van der Waals surface area contributed by atoms with Crippen molar-refractivity contribution in [3.05, 3.63) is 28.5 Å². The highest BCUT2D eigenvalue weighted by atomic mass is 79.9. The Morgan fingerprint density at radius 2 is 1.72 bits per heavy atom. The molecule has 2 fully saturated rings. The van der Waals surface area contributed by atoms with Crippen LogP contribution in [0, 0.1) is 11.7 Å².